The van der Waals surface area contributed by atoms with E-state index in [9.17, 15) is 4.39 Å². The van der Waals surface area contributed by atoms with Crippen LogP contribution in [0.3, 0.4) is 0 Å². The van der Waals surface area contributed by atoms with Crippen LogP contribution in [0.15, 0.2) is 21.1 Å². The average molecular weight is 309 g/mol. The van der Waals surface area contributed by atoms with E-state index < -0.39 is 0 Å². The minimum atomic E-state index is -0.282. The number of anilines is 1. The van der Waals surface area contributed by atoms with Gasteiger partial charge in [0.05, 0.1) is 10.0 Å². The van der Waals surface area contributed by atoms with Crippen molar-refractivity contribution in [3.05, 3.63) is 33.5 Å². The maximum atomic E-state index is 14.4. The third-order valence-corrected chi connectivity index (χ3v) is 4.69. The van der Waals surface area contributed by atoms with Crippen molar-refractivity contribution in [1.29, 1.82) is 0 Å². The van der Waals surface area contributed by atoms with E-state index >= 15 is 0 Å². The maximum absolute atomic E-state index is 14.4. The first-order chi connectivity index (χ1) is 8.62. The standard InChI is InChI=1S/C13H10BrFN2O/c14-8-2-1-7-9(10(8)15)11-6(12(16)17-18-11)5-13(7)3-4-13/h1-2H,3-5H2,(H2,16,17). The molecule has 1 aromatic carbocycles. The van der Waals surface area contributed by atoms with E-state index in [0.717, 1.165) is 30.4 Å². The lowest BCUT2D eigenvalue weighted by Crippen LogP contribution is -2.18. The van der Waals surface area contributed by atoms with Gasteiger partial charge in [0.1, 0.15) is 5.82 Å². The number of nitrogen functional groups attached to an aromatic ring is 1. The number of rotatable bonds is 0. The lowest BCUT2D eigenvalue weighted by Gasteiger charge is -2.24. The van der Waals surface area contributed by atoms with Crippen LogP contribution in [0, 0.1) is 5.82 Å². The van der Waals surface area contributed by atoms with E-state index in [0.29, 0.717) is 21.6 Å². The van der Waals surface area contributed by atoms with E-state index in [1.807, 2.05) is 6.07 Å². The predicted molar refractivity (Wildman–Crippen MR) is 68.6 cm³/mol. The summed E-state index contributed by atoms with van der Waals surface area (Å²) in [7, 11) is 0. The summed E-state index contributed by atoms with van der Waals surface area (Å²) in [5, 5.41) is 3.78. The Kier molecular flexibility index (Phi) is 1.84. The summed E-state index contributed by atoms with van der Waals surface area (Å²) in [5.74, 6) is 0.607. The molecule has 2 N–H and O–H groups in total. The monoisotopic (exact) mass is 308 g/mol. The summed E-state index contributed by atoms with van der Waals surface area (Å²) in [4.78, 5) is 0. The van der Waals surface area contributed by atoms with Crippen LogP contribution in [0.25, 0.3) is 11.3 Å². The van der Waals surface area contributed by atoms with E-state index in [-0.39, 0.29) is 11.2 Å². The molecule has 0 unspecified atom stereocenters. The van der Waals surface area contributed by atoms with E-state index in [4.69, 9.17) is 10.3 Å². The second-order valence-electron chi connectivity index (χ2n) is 5.12. The molecule has 2 aliphatic carbocycles. The first kappa shape index (κ1) is 10.6. The van der Waals surface area contributed by atoms with Crippen molar-refractivity contribution < 1.29 is 8.91 Å². The Bertz CT molecular complexity index is 676. The quantitative estimate of drug-likeness (QED) is 0.811. The maximum Gasteiger partial charge on any atom is 0.175 e. The smallest absolute Gasteiger partial charge is 0.175 e. The summed E-state index contributed by atoms with van der Waals surface area (Å²) in [6, 6.07) is 3.75. The molecule has 5 heteroatoms. The topological polar surface area (TPSA) is 52.0 Å². The van der Waals surface area contributed by atoms with Crippen LogP contribution in [-0.4, -0.2) is 5.16 Å². The number of benzene rings is 1. The predicted octanol–water partition coefficient (Wildman–Crippen LogP) is 3.41. The Balaban J connectivity index is 2.10. The molecule has 1 heterocycles. The first-order valence-corrected chi connectivity index (χ1v) is 6.64. The zero-order chi connectivity index (χ0) is 12.5. The van der Waals surface area contributed by atoms with Crippen molar-refractivity contribution in [2.45, 2.75) is 24.7 Å². The van der Waals surface area contributed by atoms with Crippen LogP contribution in [-0.2, 0) is 11.8 Å². The van der Waals surface area contributed by atoms with Gasteiger partial charge in [-0.2, -0.15) is 0 Å². The number of hydrogen-bond acceptors (Lipinski definition) is 3. The molecular weight excluding hydrogens is 299 g/mol. The Morgan fingerprint density at radius 3 is 2.89 bits per heavy atom. The molecule has 0 bridgehead atoms. The van der Waals surface area contributed by atoms with Gasteiger partial charge in [-0.05, 0) is 46.8 Å². The minimum absolute atomic E-state index is 0.0591. The molecule has 1 spiro atoms. The van der Waals surface area contributed by atoms with Gasteiger partial charge in [0, 0.05) is 11.0 Å². The number of aromatic nitrogens is 1. The van der Waals surface area contributed by atoms with Gasteiger partial charge in [-0.3, -0.25) is 0 Å². The first-order valence-electron chi connectivity index (χ1n) is 5.85. The Morgan fingerprint density at radius 2 is 2.17 bits per heavy atom. The van der Waals surface area contributed by atoms with Gasteiger partial charge < -0.3 is 10.3 Å². The third-order valence-electron chi connectivity index (χ3n) is 4.08. The van der Waals surface area contributed by atoms with Crippen LogP contribution in [0.4, 0.5) is 10.2 Å². The van der Waals surface area contributed by atoms with Gasteiger partial charge in [0.2, 0.25) is 0 Å². The minimum Gasteiger partial charge on any atom is -0.381 e. The highest BCUT2D eigenvalue weighted by molar-refractivity contribution is 9.10. The summed E-state index contributed by atoms with van der Waals surface area (Å²) >= 11 is 3.22. The second-order valence-corrected chi connectivity index (χ2v) is 5.97. The summed E-state index contributed by atoms with van der Waals surface area (Å²) < 4.78 is 20.0. The Hall–Kier alpha value is -1.36. The van der Waals surface area contributed by atoms with Crippen LogP contribution >= 0.6 is 15.9 Å². The normalized spacial score (nSPS) is 18.6. The lowest BCUT2D eigenvalue weighted by atomic mass is 9.79. The fourth-order valence-corrected chi connectivity index (χ4v) is 3.26. The highest BCUT2D eigenvalue weighted by Gasteiger charge is 2.51. The molecule has 2 aromatic rings. The Labute approximate surface area is 111 Å². The SMILES string of the molecule is Nc1noc2c1CC1(CC1)c1ccc(Br)c(F)c1-2. The van der Waals surface area contributed by atoms with Gasteiger partial charge in [-0.15, -0.1) is 0 Å². The van der Waals surface area contributed by atoms with Gasteiger partial charge in [0.15, 0.2) is 11.6 Å². The zero-order valence-electron chi connectivity index (χ0n) is 9.46. The van der Waals surface area contributed by atoms with Gasteiger partial charge in [-0.1, -0.05) is 11.2 Å². The fourth-order valence-electron chi connectivity index (χ4n) is 2.93. The van der Waals surface area contributed by atoms with E-state index in [1.54, 1.807) is 6.07 Å². The number of halogens is 2. The molecule has 18 heavy (non-hydrogen) atoms. The molecule has 1 saturated carbocycles. The van der Waals surface area contributed by atoms with Crippen molar-refractivity contribution in [2.24, 2.45) is 0 Å². The molecule has 4 rings (SSSR count). The molecule has 0 aliphatic heterocycles. The highest BCUT2D eigenvalue weighted by atomic mass is 79.9. The van der Waals surface area contributed by atoms with Gasteiger partial charge >= 0.3 is 0 Å². The number of nitrogens with two attached hydrogens (primary N) is 1. The lowest BCUT2D eigenvalue weighted by molar-refractivity contribution is 0.428. The summed E-state index contributed by atoms with van der Waals surface area (Å²) in [5.41, 5.74) is 8.30. The van der Waals surface area contributed by atoms with Crippen molar-refractivity contribution in [3.8, 4) is 11.3 Å². The molecule has 2 aliphatic rings. The fraction of sp³-hybridized carbons (Fsp3) is 0.308. The molecule has 0 atom stereocenters. The molecule has 0 saturated heterocycles. The number of fused-ring (bicyclic) bond motifs is 4. The highest BCUT2D eigenvalue weighted by Crippen LogP contribution is 2.58. The van der Waals surface area contributed by atoms with Crippen molar-refractivity contribution in [1.82, 2.24) is 5.16 Å². The average Bonchev–Trinajstić information content (AvgIpc) is 3.03. The van der Waals surface area contributed by atoms with Gasteiger partial charge in [-0.25, -0.2) is 4.39 Å². The molecular formula is C13H10BrFN2O. The molecule has 3 nitrogen and oxygen atoms in total. The molecule has 1 fully saturated rings. The van der Waals surface area contributed by atoms with Crippen molar-refractivity contribution in [3.63, 3.8) is 0 Å². The van der Waals surface area contributed by atoms with E-state index in [2.05, 4.69) is 21.1 Å². The van der Waals surface area contributed by atoms with Gasteiger partial charge in [0.25, 0.3) is 0 Å². The van der Waals surface area contributed by atoms with Crippen LogP contribution < -0.4 is 5.73 Å². The summed E-state index contributed by atoms with van der Waals surface area (Å²) in [6.07, 6.45) is 2.96. The molecule has 1 aromatic heterocycles. The van der Waals surface area contributed by atoms with Crippen LogP contribution in [0.1, 0.15) is 24.0 Å². The zero-order valence-corrected chi connectivity index (χ0v) is 11.1. The number of hydrogen-bond donors (Lipinski definition) is 1. The largest absolute Gasteiger partial charge is 0.381 e. The molecule has 0 amide bonds. The van der Waals surface area contributed by atoms with Crippen molar-refractivity contribution >= 4 is 21.7 Å². The third kappa shape index (κ3) is 1.15. The number of nitrogens with zero attached hydrogens (tertiary/aromatic N) is 1. The van der Waals surface area contributed by atoms with Crippen LogP contribution in [0.2, 0.25) is 0 Å². The van der Waals surface area contributed by atoms with Crippen molar-refractivity contribution in [2.75, 3.05) is 5.73 Å². The summed E-state index contributed by atoms with van der Waals surface area (Å²) in [6.45, 7) is 0. The molecule has 92 valence electrons. The Morgan fingerprint density at radius 1 is 1.39 bits per heavy atom. The van der Waals surface area contributed by atoms with Crippen LogP contribution in [0.5, 0.6) is 0 Å². The van der Waals surface area contributed by atoms with E-state index in [1.165, 1.54) is 0 Å². The molecule has 0 radical (unpaired) electrons. The second kappa shape index (κ2) is 3.15.